The third kappa shape index (κ3) is 7.90. The largest absolute Gasteiger partial charge is 0.507 e. The van der Waals surface area contributed by atoms with Gasteiger partial charge in [0.2, 0.25) is 5.88 Å². The summed E-state index contributed by atoms with van der Waals surface area (Å²) in [7, 11) is 1.42. The lowest BCUT2D eigenvalue weighted by Crippen LogP contribution is -2.54. The van der Waals surface area contributed by atoms with Crippen LogP contribution in [0.25, 0.3) is 11.3 Å². The molecule has 0 radical (unpaired) electrons. The lowest BCUT2D eigenvalue weighted by molar-refractivity contribution is -0.144. The monoisotopic (exact) mass is 847 g/mol. The van der Waals surface area contributed by atoms with Crippen LogP contribution in [-0.2, 0) is 14.3 Å². The van der Waals surface area contributed by atoms with Crippen molar-refractivity contribution in [2.24, 2.45) is 11.8 Å². The highest BCUT2D eigenvalue weighted by Crippen LogP contribution is 2.52. The minimum Gasteiger partial charge on any atom is -0.507 e. The maximum Gasteiger partial charge on any atom is 0.316 e. The van der Waals surface area contributed by atoms with Gasteiger partial charge in [-0.05, 0) is 87.5 Å². The van der Waals surface area contributed by atoms with Crippen LogP contribution in [0.4, 0.5) is 23.0 Å². The molecule has 0 spiro atoms. The van der Waals surface area contributed by atoms with Crippen molar-refractivity contribution in [3.63, 3.8) is 0 Å². The number of nitrogens with zero attached hydrogens (tertiary/aromatic N) is 8. The van der Waals surface area contributed by atoms with Gasteiger partial charge in [0.1, 0.15) is 17.8 Å². The Balaban J connectivity index is 0.672. The summed E-state index contributed by atoms with van der Waals surface area (Å²) in [5.74, 6) is 2.70. The SMILES string of the molecule is COC(=O)C(c1cc(N2CCC(C3(N4CCC(OC5CC(Oc6cc(N7C8CCC7CN(c7cc(-c9ccccc9O)nnc7N)C8)ccn6)C5)CC4)CC3)CC2)no1)C(C)C. The Morgan fingerprint density at radius 3 is 2.32 bits per heavy atom. The number of piperidine rings is 2. The summed E-state index contributed by atoms with van der Waals surface area (Å²) in [6.45, 7) is 9.76. The van der Waals surface area contributed by atoms with Gasteiger partial charge in [0.15, 0.2) is 17.4 Å². The van der Waals surface area contributed by atoms with Crippen molar-refractivity contribution in [2.75, 3.05) is 66.8 Å². The summed E-state index contributed by atoms with van der Waals surface area (Å²) in [6, 6.07) is 15.9. The van der Waals surface area contributed by atoms with Crippen LogP contribution in [0.2, 0.25) is 0 Å². The Labute approximate surface area is 363 Å². The number of likely N-dealkylation sites (tertiary alicyclic amines) is 1. The quantitative estimate of drug-likeness (QED) is 0.141. The number of anilines is 4. The molecule has 3 N–H and O–H groups in total. The second-order valence-corrected chi connectivity index (χ2v) is 18.9. The molecule has 330 valence electrons. The standard InChI is InChI=1S/C47H61N9O6/c1-29(2)44(46(58)59-3)41-26-42(52-62-41)53-18-11-30(12-19-53)47(15-16-47)55-20-13-34(14-21-55)60-35-23-36(24-35)61-43-22-31(10-17-49-43)56-32-8-9-33(56)28-54(27-32)39-25-38(50-51-45(39)48)37-6-4-5-7-40(37)57/h4-7,10,17,22,25-26,29-30,32-36,44,57H,8-9,11-16,18-21,23-24,27-28H2,1-3H3,(H2,48,51). The maximum absolute atomic E-state index is 12.4. The molecule has 15 nitrogen and oxygen atoms in total. The van der Waals surface area contributed by atoms with Gasteiger partial charge in [-0.3, -0.25) is 9.69 Å². The van der Waals surface area contributed by atoms with Crippen molar-refractivity contribution in [1.29, 1.82) is 0 Å². The van der Waals surface area contributed by atoms with Gasteiger partial charge in [-0.1, -0.05) is 31.1 Å². The number of hydrogen-bond acceptors (Lipinski definition) is 15. The van der Waals surface area contributed by atoms with E-state index in [2.05, 4.69) is 52.1 Å². The number of piperazine rings is 1. The molecule has 4 saturated heterocycles. The first-order chi connectivity index (χ1) is 30.2. The van der Waals surface area contributed by atoms with E-state index in [4.69, 9.17) is 24.5 Å². The number of fused-ring (bicyclic) bond motifs is 2. The van der Waals surface area contributed by atoms with Gasteiger partial charge in [-0.25, -0.2) is 4.98 Å². The van der Waals surface area contributed by atoms with Gasteiger partial charge in [0.25, 0.3) is 0 Å². The predicted octanol–water partition coefficient (Wildman–Crippen LogP) is 6.42. The molecule has 10 rings (SSSR count). The summed E-state index contributed by atoms with van der Waals surface area (Å²) >= 11 is 0. The lowest BCUT2D eigenvalue weighted by Gasteiger charge is -2.45. The number of aromatic hydroxyl groups is 1. The Hall–Kier alpha value is -5.15. The Bertz CT molecular complexity index is 2200. The van der Waals surface area contributed by atoms with E-state index in [0.717, 1.165) is 108 Å². The molecule has 3 atom stereocenters. The average Bonchev–Trinajstić information content (AvgIpc) is 3.87. The molecule has 2 aliphatic carbocycles. The highest BCUT2D eigenvalue weighted by atomic mass is 16.5. The van der Waals surface area contributed by atoms with E-state index in [9.17, 15) is 9.90 Å². The summed E-state index contributed by atoms with van der Waals surface area (Å²) in [6.07, 6.45) is 13.6. The summed E-state index contributed by atoms with van der Waals surface area (Å²) in [5.41, 5.74) is 9.99. The molecule has 6 aliphatic rings. The minimum absolute atomic E-state index is 0.0638. The van der Waals surface area contributed by atoms with E-state index in [1.54, 1.807) is 12.1 Å². The van der Waals surface area contributed by atoms with Crippen LogP contribution >= 0.6 is 0 Å². The second kappa shape index (κ2) is 16.9. The molecule has 1 aromatic carbocycles. The molecule has 2 saturated carbocycles. The number of pyridine rings is 1. The van der Waals surface area contributed by atoms with E-state index in [0.29, 0.717) is 58.4 Å². The zero-order valence-corrected chi connectivity index (χ0v) is 36.3. The number of phenolic OH excluding ortho intramolecular Hbond substituents is 1. The molecule has 4 aromatic rings. The fraction of sp³-hybridized carbons (Fsp3) is 0.596. The zero-order chi connectivity index (χ0) is 42.5. The number of carbonyl (C=O) groups excluding carboxylic acids is 1. The third-order valence-corrected chi connectivity index (χ3v) is 14.9. The first-order valence-corrected chi connectivity index (χ1v) is 22.9. The van der Waals surface area contributed by atoms with Crippen molar-refractivity contribution < 1.29 is 28.6 Å². The minimum atomic E-state index is -0.441. The number of benzene rings is 1. The van der Waals surface area contributed by atoms with E-state index in [1.165, 1.54) is 20.0 Å². The Morgan fingerprint density at radius 2 is 1.63 bits per heavy atom. The summed E-state index contributed by atoms with van der Waals surface area (Å²) in [4.78, 5) is 27.0. The molecule has 4 aliphatic heterocycles. The Kier molecular flexibility index (Phi) is 11.1. The molecule has 7 heterocycles. The van der Waals surface area contributed by atoms with Gasteiger partial charge in [-0.2, -0.15) is 0 Å². The number of hydrogen-bond donors (Lipinski definition) is 2. The van der Waals surface area contributed by atoms with Gasteiger partial charge in [0.05, 0.1) is 30.7 Å². The van der Waals surface area contributed by atoms with Gasteiger partial charge < -0.3 is 44.3 Å². The molecule has 6 fully saturated rings. The smallest absolute Gasteiger partial charge is 0.316 e. The molecular formula is C47H61N9O6. The molecule has 3 aromatic heterocycles. The van der Waals surface area contributed by atoms with Crippen molar-refractivity contribution in [2.45, 2.75) is 120 Å². The number of nitrogens with two attached hydrogens (primary N) is 1. The highest BCUT2D eigenvalue weighted by Gasteiger charge is 2.54. The fourth-order valence-electron chi connectivity index (χ4n) is 11.4. The molecule has 3 unspecified atom stereocenters. The fourth-order valence-corrected chi connectivity index (χ4v) is 11.4. The van der Waals surface area contributed by atoms with Crippen LogP contribution in [0, 0.1) is 11.8 Å². The number of methoxy groups -OCH3 is 1. The average molecular weight is 848 g/mol. The molecule has 0 amide bonds. The molecule has 62 heavy (non-hydrogen) atoms. The first kappa shape index (κ1) is 40.9. The summed E-state index contributed by atoms with van der Waals surface area (Å²) < 4.78 is 23.8. The maximum atomic E-state index is 12.4. The van der Waals surface area contributed by atoms with Crippen molar-refractivity contribution in [3.05, 3.63) is 60.5 Å². The topological polar surface area (TPSA) is 169 Å². The first-order valence-electron chi connectivity index (χ1n) is 22.9. The number of carbonyl (C=O) groups is 1. The van der Waals surface area contributed by atoms with Crippen LogP contribution in [0.15, 0.2) is 59.3 Å². The van der Waals surface area contributed by atoms with Crippen LogP contribution in [-0.4, -0.2) is 119 Å². The number of aromatic nitrogens is 4. The number of rotatable bonds is 13. The predicted molar refractivity (Wildman–Crippen MR) is 235 cm³/mol. The number of esters is 1. The van der Waals surface area contributed by atoms with Crippen LogP contribution in [0.3, 0.4) is 0 Å². The summed E-state index contributed by atoms with van der Waals surface area (Å²) in [5, 5.41) is 23.4. The van der Waals surface area contributed by atoms with Crippen LogP contribution < -0.4 is 25.2 Å². The number of phenols is 1. The van der Waals surface area contributed by atoms with Crippen molar-refractivity contribution >= 4 is 29.0 Å². The van der Waals surface area contributed by atoms with E-state index in [1.807, 2.05) is 44.3 Å². The van der Waals surface area contributed by atoms with E-state index >= 15 is 0 Å². The van der Waals surface area contributed by atoms with Crippen molar-refractivity contribution in [1.82, 2.24) is 25.2 Å². The van der Waals surface area contributed by atoms with Gasteiger partial charge in [0, 0.05) is 99.3 Å². The van der Waals surface area contributed by atoms with Crippen molar-refractivity contribution in [3.8, 4) is 22.9 Å². The van der Waals surface area contributed by atoms with E-state index in [-0.39, 0.29) is 29.8 Å². The molecule has 15 heteroatoms. The number of ether oxygens (including phenoxy) is 3. The highest BCUT2D eigenvalue weighted by molar-refractivity contribution is 5.78. The van der Waals surface area contributed by atoms with Crippen LogP contribution in [0.5, 0.6) is 11.6 Å². The van der Waals surface area contributed by atoms with Gasteiger partial charge >= 0.3 is 5.97 Å². The zero-order valence-electron chi connectivity index (χ0n) is 36.3. The number of para-hydroxylation sites is 1. The Morgan fingerprint density at radius 1 is 0.887 bits per heavy atom. The lowest BCUT2D eigenvalue weighted by atomic mass is 9.85. The second-order valence-electron chi connectivity index (χ2n) is 18.9. The van der Waals surface area contributed by atoms with Crippen LogP contribution in [0.1, 0.15) is 89.7 Å². The van der Waals surface area contributed by atoms with Gasteiger partial charge in [-0.15, -0.1) is 10.2 Å². The molecule has 2 bridgehead atoms. The third-order valence-electron chi connectivity index (χ3n) is 14.9. The number of nitrogen functional groups attached to an aromatic ring is 1. The molecular weight excluding hydrogens is 787 g/mol. The van der Waals surface area contributed by atoms with E-state index < -0.39 is 5.92 Å². The normalized spacial score (nSPS) is 25.8.